The largest absolute Gasteiger partial charge is 0.496 e. The highest BCUT2D eigenvalue weighted by Gasteiger charge is 2.32. The maximum absolute atomic E-state index is 5.85. The lowest BCUT2D eigenvalue weighted by atomic mass is 10.2. The molecule has 0 spiro atoms. The van der Waals surface area contributed by atoms with Crippen molar-refractivity contribution in [2.24, 2.45) is 0 Å². The summed E-state index contributed by atoms with van der Waals surface area (Å²) in [6.07, 6.45) is 3.07. The zero-order valence-corrected chi connectivity index (χ0v) is 14.1. The van der Waals surface area contributed by atoms with Gasteiger partial charge in [-0.2, -0.15) is 0 Å². The number of methoxy groups -OCH3 is 1. The molecule has 2 fully saturated rings. The number of morpholine rings is 1. The molecule has 1 aliphatic carbocycles. The van der Waals surface area contributed by atoms with Gasteiger partial charge in [-0.1, -0.05) is 6.07 Å². The van der Waals surface area contributed by atoms with Crippen LogP contribution in [0.4, 0.5) is 0 Å². The van der Waals surface area contributed by atoms with E-state index in [9.17, 15) is 0 Å². The Morgan fingerprint density at radius 1 is 1.43 bits per heavy atom. The molecule has 1 N–H and O–H groups in total. The molecule has 0 unspecified atom stereocenters. The van der Waals surface area contributed by atoms with E-state index < -0.39 is 0 Å². The van der Waals surface area contributed by atoms with Gasteiger partial charge in [-0.15, -0.1) is 0 Å². The second kappa shape index (κ2) is 7.09. The monoisotopic (exact) mass is 354 g/mol. The summed E-state index contributed by atoms with van der Waals surface area (Å²) in [4.78, 5) is 2.58. The Kier molecular flexibility index (Phi) is 5.16. The fourth-order valence-electron chi connectivity index (χ4n) is 2.83. The van der Waals surface area contributed by atoms with E-state index in [1.165, 1.54) is 18.4 Å². The topological polar surface area (TPSA) is 33.7 Å². The van der Waals surface area contributed by atoms with Crippen LogP contribution < -0.4 is 10.1 Å². The molecule has 2 aliphatic rings. The Hall–Kier alpha value is -0.620. The molecule has 1 aromatic rings. The van der Waals surface area contributed by atoms with Crippen molar-refractivity contribution >= 4 is 15.9 Å². The van der Waals surface area contributed by atoms with Crippen molar-refractivity contribution in [3.8, 4) is 5.75 Å². The third-order valence-electron chi connectivity index (χ3n) is 4.15. The fourth-order valence-corrected chi connectivity index (χ4v) is 3.42. The second-order valence-electron chi connectivity index (χ2n) is 5.82. The van der Waals surface area contributed by atoms with Gasteiger partial charge in [0.25, 0.3) is 0 Å². The molecule has 116 valence electrons. The highest BCUT2D eigenvalue weighted by Crippen LogP contribution is 2.28. The Morgan fingerprint density at radius 3 is 3.00 bits per heavy atom. The van der Waals surface area contributed by atoms with Gasteiger partial charge in [-0.05, 0) is 46.5 Å². The van der Waals surface area contributed by atoms with Crippen LogP contribution in [0.15, 0.2) is 22.7 Å². The third-order valence-corrected chi connectivity index (χ3v) is 4.77. The van der Waals surface area contributed by atoms with Crippen LogP contribution in [0.3, 0.4) is 0 Å². The van der Waals surface area contributed by atoms with Crippen molar-refractivity contribution in [2.45, 2.75) is 31.5 Å². The molecule has 4 nitrogen and oxygen atoms in total. The van der Waals surface area contributed by atoms with Crippen LogP contribution >= 0.6 is 15.9 Å². The number of nitrogens with one attached hydrogen (secondary N) is 1. The van der Waals surface area contributed by atoms with Gasteiger partial charge in [0.15, 0.2) is 0 Å². The highest BCUT2D eigenvalue weighted by atomic mass is 79.9. The van der Waals surface area contributed by atoms with Crippen LogP contribution in [0.1, 0.15) is 18.4 Å². The lowest BCUT2D eigenvalue weighted by molar-refractivity contribution is -0.0301. The lowest BCUT2D eigenvalue weighted by Gasteiger charge is -2.33. The summed E-state index contributed by atoms with van der Waals surface area (Å²) >= 11 is 3.52. The highest BCUT2D eigenvalue weighted by molar-refractivity contribution is 9.10. The Balaban J connectivity index is 1.44. The second-order valence-corrected chi connectivity index (χ2v) is 6.67. The van der Waals surface area contributed by atoms with Crippen molar-refractivity contribution in [2.75, 3.05) is 33.4 Å². The maximum Gasteiger partial charge on any atom is 0.133 e. The molecular weight excluding hydrogens is 332 g/mol. The molecule has 1 heterocycles. The van der Waals surface area contributed by atoms with E-state index >= 15 is 0 Å². The minimum Gasteiger partial charge on any atom is -0.496 e. The van der Waals surface area contributed by atoms with E-state index in [1.807, 2.05) is 6.07 Å². The molecule has 3 rings (SSSR count). The first kappa shape index (κ1) is 15.3. The molecule has 21 heavy (non-hydrogen) atoms. The lowest BCUT2D eigenvalue weighted by Crippen LogP contribution is -2.47. The molecular formula is C16H23BrN2O2. The van der Waals surface area contributed by atoms with E-state index in [4.69, 9.17) is 9.47 Å². The number of hydrogen-bond donors (Lipinski definition) is 1. The van der Waals surface area contributed by atoms with Crippen LogP contribution in [0.2, 0.25) is 0 Å². The molecule has 1 saturated heterocycles. The predicted octanol–water partition coefficient (Wildman–Crippen LogP) is 2.41. The molecule has 5 heteroatoms. The van der Waals surface area contributed by atoms with Crippen LogP contribution in [0.25, 0.3) is 0 Å². The van der Waals surface area contributed by atoms with Crippen molar-refractivity contribution in [3.63, 3.8) is 0 Å². The SMILES string of the molecule is COc1ccc(CNC[C@@H]2CN(C3CC3)CCO2)cc1Br. The minimum absolute atomic E-state index is 0.320. The van der Waals surface area contributed by atoms with Crippen molar-refractivity contribution in [1.82, 2.24) is 10.2 Å². The smallest absolute Gasteiger partial charge is 0.133 e. The van der Waals surface area contributed by atoms with Crippen molar-refractivity contribution in [3.05, 3.63) is 28.2 Å². The predicted molar refractivity (Wildman–Crippen MR) is 86.7 cm³/mol. The zero-order valence-electron chi connectivity index (χ0n) is 12.5. The summed E-state index contributed by atoms with van der Waals surface area (Å²) in [7, 11) is 1.68. The number of benzene rings is 1. The van der Waals surface area contributed by atoms with Crippen LogP contribution in [-0.4, -0.2) is 50.4 Å². The van der Waals surface area contributed by atoms with Gasteiger partial charge in [0.05, 0.1) is 24.3 Å². The summed E-state index contributed by atoms with van der Waals surface area (Å²) in [5, 5.41) is 3.50. The molecule has 0 aromatic heterocycles. The number of hydrogen-bond acceptors (Lipinski definition) is 4. The Labute approximate surface area is 134 Å². The summed E-state index contributed by atoms with van der Waals surface area (Å²) in [6.45, 7) is 4.81. The van der Waals surface area contributed by atoms with Crippen LogP contribution in [-0.2, 0) is 11.3 Å². The van der Waals surface area contributed by atoms with E-state index in [1.54, 1.807) is 7.11 Å². The first-order valence-electron chi connectivity index (χ1n) is 7.65. The molecule has 1 saturated carbocycles. The van der Waals surface area contributed by atoms with E-state index in [2.05, 4.69) is 38.3 Å². The van der Waals surface area contributed by atoms with E-state index in [0.29, 0.717) is 6.10 Å². The van der Waals surface area contributed by atoms with E-state index in [-0.39, 0.29) is 0 Å². The average molecular weight is 355 g/mol. The minimum atomic E-state index is 0.320. The quantitative estimate of drug-likeness (QED) is 0.850. The summed E-state index contributed by atoms with van der Waals surface area (Å²) in [6, 6.07) is 7.03. The van der Waals surface area contributed by atoms with Gasteiger partial charge in [0.1, 0.15) is 5.75 Å². The van der Waals surface area contributed by atoms with Crippen molar-refractivity contribution in [1.29, 1.82) is 0 Å². The van der Waals surface area contributed by atoms with Gasteiger partial charge >= 0.3 is 0 Å². The fraction of sp³-hybridized carbons (Fsp3) is 0.625. The summed E-state index contributed by atoms with van der Waals surface area (Å²) in [5.74, 6) is 0.870. The summed E-state index contributed by atoms with van der Waals surface area (Å²) in [5.41, 5.74) is 1.25. The van der Waals surface area contributed by atoms with E-state index in [0.717, 1.165) is 49.0 Å². The van der Waals surface area contributed by atoms with Gasteiger partial charge in [-0.25, -0.2) is 0 Å². The number of halogens is 1. The molecule has 1 aromatic carbocycles. The molecule has 0 amide bonds. The number of ether oxygens (including phenoxy) is 2. The molecule has 1 aliphatic heterocycles. The van der Waals surface area contributed by atoms with Crippen LogP contribution in [0.5, 0.6) is 5.75 Å². The first-order valence-corrected chi connectivity index (χ1v) is 8.44. The number of rotatable bonds is 6. The standard InChI is InChI=1S/C16H23BrN2O2/c1-20-16-5-2-12(8-15(16)17)9-18-10-14-11-19(6-7-21-14)13-3-4-13/h2,5,8,13-14,18H,3-4,6-7,9-11H2,1H3/t14-/m1/s1. The van der Waals surface area contributed by atoms with Crippen LogP contribution in [0, 0.1) is 0 Å². The third kappa shape index (κ3) is 4.19. The molecule has 1 atom stereocenters. The van der Waals surface area contributed by atoms with Gasteiger partial charge < -0.3 is 14.8 Å². The summed E-state index contributed by atoms with van der Waals surface area (Å²) < 4.78 is 12.1. The maximum atomic E-state index is 5.85. The Morgan fingerprint density at radius 2 is 2.29 bits per heavy atom. The molecule has 0 radical (unpaired) electrons. The zero-order chi connectivity index (χ0) is 14.7. The average Bonchev–Trinajstić information content (AvgIpc) is 3.32. The molecule has 0 bridgehead atoms. The van der Waals surface area contributed by atoms with Gasteiger partial charge in [0.2, 0.25) is 0 Å². The Bertz CT molecular complexity index is 479. The van der Waals surface area contributed by atoms with Gasteiger partial charge in [-0.3, -0.25) is 4.90 Å². The number of nitrogens with zero attached hydrogens (tertiary/aromatic N) is 1. The normalized spacial score (nSPS) is 23.2. The van der Waals surface area contributed by atoms with Crippen molar-refractivity contribution < 1.29 is 9.47 Å². The van der Waals surface area contributed by atoms with Gasteiger partial charge in [0, 0.05) is 32.2 Å². The first-order chi connectivity index (χ1) is 10.3.